The molecule has 0 radical (unpaired) electrons. The third kappa shape index (κ3) is 6.64. The van der Waals surface area contributed by atoms with Gasteiger partial charge in [-0.3, -0.25) is 9.59 Å². The number of hydrogen-bond acceptors (Lipinski definition) is 5. The summed E-state index contributed by atoms with van der Waals surface area (Å²) in [6.07, 6.45) is 2.00. The van der Waals surface area contributed by atoms with E-state index in [-0.39, 0.29) is 50.8 Å². The average Bonchev–Trinajstić information content (AvgIpc) is 3.28. The highest BCUT2D eigenvalue weighted by atomic mass is 19.3. The van der Waals surface area contributed by atoms with Gasteiger partial charge in [-0.1, -0.05) is 6.07 Å². The predicted octanol–water partition coefficient (Wildman–Crippen LogP) is 4.15. The lowest BCUT2D eigenvalue weighted by molar-refractivity contribution is -0.0494. The Morgan fingerprint density at radius 3 is 2.45 bits per heavy atom. The van der Waals surface area contributed by atoms with Gasteiger partial charge in [-0.2, -0.15) is 0 Å². The van der Waals surface area contributed by atoms with Gasteiger partial charge < -0.3 is 24.8 Å². The van der Waals surface area contributed by atoms with Crippen LogP contribution in [0.15, 0.2) is 48.8 Å². The molecule has 2 N–H and O–H groups in total. The molecular weight excluding hydrogens is 496 g/mol. The molecule has 0 spiro atoms. The number of alkyl halides is 2. The molecule has 0 unspecified atom stereocenters. The second kappa shape index (κ2) is 10.8. The molecule has 1 fully saturated rings. The molecule has 11 heteroatoms. The number of nitrogens with zero attached hydrogens (tertiary/aromatic N) is 3. The normalized spacial score (nSPS) is 15.2. The van der Waals surface area contributed by atoms with Crippen molar-refractivity contribution >= 4 is 28.9 Å². The Bertz CT molecular complexity index is 1340. The molecule has 38 heavy (non-hydrogen) atoms. The molecule has 3 heterocycles. The smallest absolute Gasteiger partial charge is 0.407 e. The number of piperidine rings is 1. The highest BCUT2D eigenvalue weighted by Gasteiger charge is 2.35. The largest absolute Gasteiger partial charge is 0.444 e. The number of ether oxygens (including phenoxy) is 1. The van der Waals surface area contributed by atoms with Crippen LogP contribution in [0.25, 0.3) is 16.7 Å². The van der Waals surface area contributed by atoms with E-state index in [1.54, 1.807) is 61.9 Å². The van der Waals surface area contributed by atoms with Crippen LogP contribution in [0.3, 0.4) is 0 Å². The van der Waals surface area contributed by atoms with Crippen molar-refractivity contribution in [3.63, 3.8) is 0 Å². The lowest BCUT2D eigenvalue weighted by Crippen LogP contribution is -2.42. The zero-order valence-electron chi connectivity index (χ0n) is 21.6. The van der Waals surface area contributed by atoms with E-state index < -0.39 is 17.6 Å². The van der Waals surface area contributed by atoms with Gasteiger partial charge >= 0.3 is 6.09 Å². The van der Waals surface area contributed by atoms with Crippen LogP contribution in [0, 0.1) is 0 Å². The van der Waals surface area contributed by atoms with Crippen LogP contribution in [-0.4, -0.2) is 70.1 Å². The lowest BCUT2D eigenvalue weighted by atomic mass is 10.1. The van der Waals surface area contributed by atoms with Crippen LogP contribution in [0.5, 0.6) is 0 Å². The summed E-state index contributed by atoms with van der Waals surface area (Å²) in [6, 6.07) is 10.5. The van der Waals surface area contributed by atoms with E-state index in [0.717, 1.165) is 0 Å². The number of halogens is 2. The minimum atomic E-state index is -2.72. The number of nitrogens with one attached hydrogen (secondary N) is 2. The van der Waals surface area contributed by atoms with E-state index in [0.29, 0.717) is 27.8 Å². The van der Waals surface area contributed by atoms with Gasteiger partial charge in [0.25, 0.3) is 17.7 Å². The number of alkyl carbamates (subject to hydrolysis) is 1. The average molecular weight is 528 g/mol. The molecule has 1 aliphatic heterocycles. The van der Waals surface area contributed by atoms with Gasteiger partial charge in [0, 0.05) is 68.1 Å². The Kier molecular flexibility index (Phi) is 7.66. The fourth-order valence-corrected chi connectivity index (χ4v) is 4.12. The molecule has 4 rings (SSSR count). The molecule has 202 valence electrons. The van der Waals surface area contributed by atoms with Crippen LogP contribution >= 0.6 is 0 Å². The third-order valence-electron chi connectivity index (χ3n) is 6.02. The fourth-order valence-electron chi connectivity index (χ4n) is 4.12. The summed E-state index contributed by atoms with van der Waals surface area (Å²) in [5.41, 5.74) is 1.45. The van der Waals surface area contributed by atoms with Gasteiger partial charge in [0.2, 0.25) is 0 Å². The van der Waals surface area contributed by atoms with E-state index in [1.807, 2.05) is 6.07 Å². The maximum atomic E-state index is 13.5. The summed E-state index contributed by atoms with van der Waals surface area (Å²) in [4.78, 5) is 43.1. The molecule has 0 bridgehead atoms. The molecule has 3 aromatic rings. The predicted molar refractivity (Wildman–Crippen MR) is 138 cm³/mol. The molecule has 0 saturated carbocycles. The van der Waals surface area contributed by atoms with Crippen molar-refractivity contribution in [1.29, 1.82) is 0 Å². The first kappa shape index (κ1) is 27.0. The van der Waals surface area contributed by atoms with Gasteiger partial charge in [0.05, 0.1) is 5.56 Å². The Morgan fingerprint density at radius 1 is 1.03 bits per heavy atom. The number of carbonyl (C=O) groups is 3. The number of carbonyl (C=O) groups excluding carboxylic acids is 3. The lowest BCUT2D eigenvalue weighted by Gasteiger charge is -2.31. The Labute approximate surface area is 219 Å². The summed E-state index contributed by atoms with van der Waals surface area (Å²) < 4.78 is 33.9. The number of aromatic nitrogens is 2. The number of likely N-dealkylation sites (tertiary alicyclic amines) is 1. The number of hydrogen-bond donors (Lipinski definition) is 2. The maximum absolute atomic E-state index is 13.5. The van der Waals surface area contributed by atoms with Gasteiger partial charge in [-0.15, -0.1) is 0 Å². The molecule has 2 aromatic heterocycles. The molecule has 3 amide bonds. The first-order valence-electron chi connectivity index (χ1n) is 12.4. The quantitative estimate of drug-likeness (QED) is 0.469. The highest BCUT2D eigenvalue weighted by Crippen LogP contribution is 2.29. The summed E-state index contributed by atoms with van der Waals surface area (Å²) in [7, 11) is 0. The van der Waals surface area contributed by atoms with Crippen molar-refractivity contribution in [1.82, 2.24) is 25.1 Å². The van der Waals surface area contributed by atoms with Crippen molar-refractivity contribution in [2.45, 2.75) is 45.1 Å². The van der Waals surface area contributed by atoms with Gasteiger partial charge in [-0.25, -0.2) is 18.6 Å². The Morgan fingerprint density at radius 2 is 1.74 bits per heavy atom. The zero-order valence-corrected chi connectivity index (χ0v) is 21.6. The van der Waals surface area contributed by atoms with E-state index >= 15 is 0 Å². The highest BCUT2D eigenvalue weighted by molar-refractivity contribution is 5.97. The molecule has 1 aliphatic rings. The van der Waals surface area contributed by atoms with Crippen LogP contribution in [0.2, 0.25) is 0 Å². The summed E-state index contributed by atoms with van der Waals surface area (Å²) in [6.45, 7) is 5.77. The first-order chi connectivity index (χ1) is 17.9. The maximum Gasteiger partial charge on any atom is 0.407 e. The van der Waals surface area contributed by atoms with Gasteiger partial charge in [0.15, 0.2) is 0 Å². The zero-order chi connectivity index (χ0) is 27.5. The molecule has 1 saturated heterocycles. The molecule has 0 aliphatic carbocycles. The van der Waals surface area contributed by atoms with Crippen LogP contribution in [0.4, 0.5) is 13.6 Å². The van der Waals surface area contributed by atoms with Crippen molar-refractivity contribution in [2.24, 2.45) is 0 Å². The van der Waals surface area contributed by atoms with Crippen molar-refractivity contribution in [2.75, 3.05) is 26.2 Å². The van der Waals surface area contributed by atoms with Gasteiger partial charge in [-0.05, 0) is 51.1 Å². The number of amides is 3. The third-order valence-corrected chi connectivity index (χ3v) is 6.02. The SMILES string of the molecule is CC(C)(C)OC(=O)NCCNC(=O)c1cccc(-n2ccc3cc(C(=O)N4CCC(F)(F)CC4)cnc32)c1. The van der Waals surface area contributed by atoms with E-state index in [9.17, 15) is 23.2 Å². The number of fused-ring (bicyclic) bond motifs is 1. The Hall–Kier alpha value is -4.02. The van der Waals surface area contributed by atoms with E-state index in [2.05, 4.69) is 15.6 Å². The van der Waals surface area contributed by atoms with E-state index in [4.69, 9.17) is 4.74 Å². The van der Waals surface area contributed by atoms with Crippen molar-refractivity contribution in [3.8, 4) is 5.69 Å². The minimum Gasteiger partial charge on any atom is -0.444 e. The second-order valence-electron chi connectivity index (χ2n) is 10.2. The van der Waals surface area contributed by atoms with Crippen LogP contribution in [-0.2, 0) is 4.74 Å². The fraction of sp³-hybridized carbons (Fsp3) is 0.407. The van der Waals surface area contributed by atoms with Crippen LogP contribution < -0.4 is 10.6 Å². The van der Waals surface area contributed by atoms with Gasteiger partial charge in [0.1, 0.15) is 11.2 Å². The minimum absolute atomic E-state index is 0.0107. The number of benzene rings is 1. The second-order valence-corrected chi connectivity index (χ2v) is 10.2. The Balaban J connectivity index is 1.40. The molecule has 0 atom stereocenters. The van der Waals surface area contributed by atoms with Crippen molar-refractivity contribution in [3.05, 3.63) is 59.9 Å². The first-order valence-corrected chi connectivity index (χ1v) is 12.4. The molecule has 9 nitrogen and oxygen atoms in total. The summed E-state index contributed by atoms with van der Waals surface area (Å²) in [5, 5.41) is 6.06. The van der Waals surface area contributed by atoms with E-state index in [1.165, 1.54) is 11.1 Å². The topological polar surface area (TPSA) is 106 Å². The monoisotopic (exact) mass is 527 g/mol. The van der Waals surface area contributed by atoms with Crippen molar-refractivity contribution < 1.29 is 27.9 Å². The number of pyridine rings is 1. The summed E-state index contributed by atoms with van der Waals surface area (Å²) >= 11 is 0. The molecular formula is C27H31F2N5O4. The number of rotatable bonds is 6. The van der Waals surface area contributed by atoms with Crippen LogP contribution in [0.1, 0.15) is 54.3 Å². The standard InChI is InChI=1S/C27H31F2N5O4/c1-26(2,3)38-25(37)31-11-10-30-23(35)19-5-4-6-21(16-19)34-12-7-18-15-20(17-32-22(18)34)24(36)33-13-8-27(28,29)9-14-33/h4-7,12,15-17H,8-11,13-14H2,1-3H3,(H,30,35)(H,31,37). The summed E-state index contributed by atoms with van der Waals surface area (Å²) in [5.74, 6) is -3.34. The molecule has 1 aromatic carbocycles.